The Balaban J connectivity index is 4.32. The van der Waals surface area contributed by atoms with Crippen molar-refractivity contribution < 1.29 is 8.78 Å². The third kappa shape index (κ3) is 6.37. The van der Waals surface area contributed by atoms with E-state index >= 15 is 0 Å². The molecule has 0 amide bonds. The standard InChI is InChI=1S/C11H14F2N2/c1-4-5-6-8(2)7-10(12)15-9(3)11(13)14/h5-7,14-15H,2-4H2,1H3/b6-5-,10-7-,14-11?. The highest BCUT2D eigenvalue weighted by molar-refractivity contribution is 5.88. The molecule has 0 bridgehead atoms. The fourth-order valence-corrected chi connectivity index (χ4v) is 0.715. The summed E-state index contributed by atoms with van der Waals surface area (Å²) in [6, 6.07) is 0. The molecule has 0 aromatic heterocycles. The SMILES string of the molecule is C=C(/C=C\CC)/C=C(/F)NC(=C)C(=N)F. The van der Waals surface area contributed by atoms with Crippen molar-refractivity contribution in [1.29, 1.82) is 5.41 Å². The Bertz CT molecular complexity index is 327. The Morgan fingerprint density at radius 2 is 2.00 bits per heavy atom. The number of rotatable bonds is 6. The molecule has 0 atom stereocenters. The third-order valence-corrected chi connectivity index (χ3v) is 1.42. The molecule has 0 aromatic carbocycles. The summed E-state index contributed by atoms with van der Waals surface area (Å²) in [5.41, 5.74) is 0.0241. The van der Waals surface area contributed by atoms with E-state index in [2.05, 4.69) is 13.2 Å². The number of halogens is 2. The van der Waals surface area contributed by atoms with Gasteiger partial charge in [0.1, 0.15) is 0 Å². The highest BCUT2D eigenvalue weighted by atomic mass is 19.1. The summed E-state index contributed by atoms with van der Waals surface area (Å²) in [6.07, 6.45) is 5.38. The summed E-state index contributed by atoms with van der Waals surface area (Å²) in [5.74, 6) is -2.10. The van der Waals surface area contributed by atoms with Crippen molar-refractivity contribution in [2.45, 2.75) is 13.3 Å². The van der Waals surface area contributed by atoms with Crippen molar-refractivity contribution in [2.24, 2.45) is 0 Å². The largest absolute Gasteiger partial charge is 0.329 e. The Hall–Kier alpha value is -1.71. The van der Waals surface area contributed by atoms with Gasteiger partial charge >= 0.3 is 0 Å². The Morgan fingerprint density at radius 3 is 2.47 bits per heavy atom. The molecular formula is C11H14F2N2. The topological polar surface area (TPSA) is 35.9 Å². The molecule has 0 spiro atoms. The summed E-state index contributed by atoms with van der Waals surface area (Å²) >= 11 is 0. The zero-order chi connectivity index (χ0) is 11.8. The van der Waals surface area contributed by atoms with Gasteiger partial charge in [-0.2, -0.15) is 8.78 Å². The lowest BCUT2D eigenvalue weighted by Crippen LogP contribution is -2.13. The second kappa shape index (κ2) is 6.70. The van der Waals surface area contributed by atoms with Gasteiger partial charge in [0.25, 0.3) is 0 Å². The van der Waals surface area contributed by atoms with Crippen molar-refractivity contribution in [1.82, 2.24) is 5.32 Å². The first-order valence-electron chi connectivity index (χ1n) is 4.40. The maximum Gasteiger partial charge on any atom is 0.228 e. The van der Waals surface area contributed by atoms with Crippen LogP contribution in [0.4, 0.5) is 8.78 Å². The van der Waals surface area contributed by atoms with Gasteiger partial charge in [-0.15, -0.1) is 0 Å². The van der Waals surface area contributed by atoms with Crippen molar-refractivity contribution in [3.05, 3.63) is 48.6 Å². The van der Waals surface area contributed by atoms with E-state index in [9.17, 15) is 8.78 Å². The van der Waals surface area contributed by atoms with Gasteiger partial charge in [0.05, 0.1) is 5.70 Å². The summed E-state index contributed by atoms with van der Waals surface area (Å²) in [6.45, 7) is 8.63. The minimum atomic E-state index is -1.30. The van der Waals surface area contributed by atoms with Gasteiger partial charge < -0.3 is 5.32 Å². The van der Waals surface area contributed by atoms with Crippen LogP contribution in [0.1, 0.15) is 13.3 Å². The first kappa shape index (κ1) is 13.3. The Labute approximate surface area is 88.2 Å². The molecule has 0 radical (unpaired) electrons. The van der Waals surface area contributed by atoms with Crippen LogP contribution in [0, 0.1) is 5.41 Å². The van der Waals surface area contributed by atoms with E-state index in [1.165, 1.54) is 0 Å². The number of nitrogens with one attached hydrogen (secondary N) is 2. The van der Waals surface area contributed by atoms with E-state index in [4.69, 9.17) is 5.41 Å². The average Bonchev–Trinajstić information content (AvgIpc) is 2.14. The lowest BCUT2D eigenvalue weighted by atomic mass is 10.2. The van der Waals surface area contributed by atoms with Crippen LogP contribution in [0.5, 0.6) is 0 Å². The molecule has 0 unspecified atom stereocenters. The molecule has 0 heterocycles. The predicted molar refractivity (Wildman–Crippen MR) is 58.9 cm³/mol. The Kier molecular flexibility index (Phi) is 5.94. The van der Waals surface area contributed by atoms with E-state index in [0.29, 0.717) is 5.57 Å². The zero-order valence-electron chi connectivity index (χ0n) is 8.61. The predicted octanol–water partition coefficient (Wildman–Crippen LogP) is 3.37. The van der Waals surface area contributed by atoms with Crippen LogP contribution in [-0.4, -0.2) is 5.97 Å². The highest BCUT2D eigenvalue weighted by Gasteiger charge is 2.02. The number of allylic oxidation sites excluding steroid dienone is 5. The van der Waals surface area contributed by atoms with E-state index < -0.39 is 17.6 Å². The first-order chi connectivity index (χ1) is 6.97. The second-order valence-electron chi connectivity index (χ2n) is 2.80. The average molecular weight is 212 g/mol. The highest BCUT2D eigenvalue weighted by Crippen LogP contribution is 2.04. The van der Waals surface area contributed by atoms with Crippen molar-refractivity contribution >= 4 is 5.97 Å². The van der Waals surface area contributed by atoms with Crippen LogP contribution in [-0.2, 0) is 0 Å². The van der Waals surface area contributed by atoms with Gasteiger partial charge in [-0.05, 0) is 18.1 Å². The second-order valence-corrected chi connectivity index (χ2v) is 2.80. The van der Waals surface area contributed by atoms with Crippen LogP contribution in [0.25, 0.3) is 0 Å². The molecule has 0 saturated heterocycles. The normalized spacial score (nSPS) is 11.5. The smallest absolute Gasteiger partial charge is 0.228 e. The molecule has 2 N–H and O–H groups in total. The molecule has 0 rings (SSSR count). The molecule has 0 aliphatic rings. The van der Waals surface area contributed by atoms with Crippen LogP contribution in [0.15, 0.2) is 48.6 Å². The van der Waals surface area contributed by atoms with Gasteiger partial charge in [-0.25, -0.2) is 0 Å². The zero-order valence-corrected chi connectivity index (χ0v) is 8.61. The monoisotopic (exact) mass is 212 g/mol. The third-order valence-electron chi connectivity index (χ3n) is 1.42. The quantitative estimate of drug-likeness (QED) is 0.395. The van der Waals surface area contributed by atoms with Gasteiger partial charge in [-0.3, -0.25) is 5.41 Å². The van der Waals surface area contributed by atoms with Gasteiger partial charge in [0.2, 0.25) is 5.97 Å². The summed E-state index contributed by atoms with van der Waals surface area (Å²) in [7, 11) is 0. The van der Waals surface area contributed by atoms with E-state index in [1.807, 2.05) is 18.3 Å². The minimum absolute atomic E-state index is 0.420. The molecular weight excluding hydrogens is 198 g/mol. The van der Waals surface area contributed by atoms with Crippen LogP contribution < -0.4 is 5.32 Å². The fourth-order valence-electron chi connectivity index (χ4n) is 0.715. The maximum absolute atomic E-state index is 13.0. The van der Waals surface area contributed by atoms with E-state index in [-0.39, 0.29) is 0 Å². The van der Waals surface area contributed by atoms with Gasteiger partial charge in [0, 0.05) is 0 Å². The molecule has 0 aliphatic carbocycles. The molecule has 2 nitrogen and oxygen atoms in total. The van der Waals surface area contributed by atoms with Crippen LogP contribution >= 0.6 is 0 Å². The summed E-state index contributed by atoms with van der Waals surface area (Å²) < 4.78 is 25.2. The van der Waals surface area contributed by atoms with Crippen LogP contribution in [0.2, 0.25) is 0 Å². The maximum atomic E-state index is 13.0. The van der Waals surface area contributed by atoms with Gasteiger partial charge in [-0.1, -0.05) is 32.2 Å². The molecule has 15 heavy (non-hydrogen) atoms. The minimum Gasteiger partial charge on any atom is -0.329 e. The number of hydrogen-bond donors (Lipinski definition) is 2. The Morgan fingerprint density at radius 1 is 1.40 bits per heavy atom. The molecule has 0 aromatic rings. The fraction of sp³-hybridized carbons (Fsp3) is 0.182. The molecule has 0 fully saturated rings. The molecule has 0 aliphatic heterocycles. The van der Waals surface area contributed by atoms with Gasteiger partial charge in [0.15, 0.2) is 5.95 Å². The summed E-state index contributed by atoms with van der Waals surface area (Å²) in [5, 5.41) is 8.52. The molecule has 4 heteroatoms. The van der Waals surface area contributed by atoms with Crippen molar-refractivity contribution in [3.8, 4) is 0 Å². The van der Waals surface area contributed by atoms with E-state index in [1.54, 1.807) is 6.08 Å². The van der Waals surface area contributed by atoms with Crippen molar-refractivity contribution in [2.75, 3.05) is 0 Å². The lowest BCUT2D eigenvalue weighted by Gasteiger charge is -2.02. The summed E-state index contributed by atoms with van der Waals surface area (Å²) in [4.78, 5) is 0. The number of hydrogen-bond acceptors (Lipinski definition) is 2. The molecule has 0 saturated carbocycles. The first-order valence-corrected chi connectivity index (χ1v) is 4.40. The molecule has 82 valence electrons. The van der Waals surface area contributed by atoms with Crippen LogP contribution in [0.3, 0.4) is 0 Å². The lowest BCUT2D eigenvalue weighted by molar-refractivity contribution is 0.576. The van der Waals surface area contributed by atoms with E-state index in [0.717, 1.165) is 12.5 Å². The van der Waals surface area contributed by atoms with Crippen molar-refractivity contribution in [3.63, 3.8) is 0 Å².